The molecule has 1 heterocycles. The number of aryl methyl sites for hydroxylation is 1. The summed E-state index contributed by atoms with van der Waals surface area (Å²) in [7, 11) is 1.51. The Kier molecular flexibility index (Phi) is 6.40. The molecule has 3 aromatic carbocycles. The lowest BCUT2D eigenvalue weighted by atomic mass is 10.1. The first-order valence-corrected chi connectivity index (χ1v) is 10.9. The second kappa shape index (κ2) is 9.25. The average molecular weight is 483 g/mol. The summed E-state index contributed by atoms with van der Waals surface area (Å²) >= 11 is 12.3. The Morgan fingerprint density at radius 2 is 1.64 bits per heavy atom. The third-order valence-corrected chi connectivity index (χ3v) is 6.01. The average Bonchev–Trinajstić information content (AvgIpc) is 3.04. The zero-order valence-electron chi connectivity index (χ0n) is 18.0. The van der Waals surface area contributed by atoms with Crippen molar-refractivity contribution in [1.29, 1.82) is 0 Å². The molecule has 0 atom stereocenters. The maximum atomic E-state index is 13.6. The van der Waals surface area contributed by atoms with Crippen molar-refractivity contribution >= 4 is 46.6 Å². The minimum Gasteiger partial charge on any atom is -0.495 e. The topological polar surface area (TPSA) is 66.9 Å². The second-order valence-electron chi connectivity index (χ2n) is 7.56. The predicted octanol–water partition coefficient (Wildman–Crippen LogP) is 5.25. The van der Waals surface area contributed by atoms with Crippen molar-refractivity contribution in [1.82, 2.24) is 4.90 Å². The number of ether oxygens (including phenoxy) is 1. The van der Waals surface area contributed by atoms with E-state index >= 15 is 0 Å². The van der Waals surface area contributed by atoms with E-state index in [1.807, 2.05) is 13.0 Å². The molecule has 1 aliphatic rings. The van der Waals surface area contributed by atoms with Crippen LogP contribution in [0.2, 0.25) is 10.0 Å². The van der Waals surface area contributed by atoms with Crippen LogP contribution in [0, 0.1) is 6.92 Å². The first kappa shape index (κ1) is 22.8. The molecule has 0 N–H and O–H groups in total. The number of carbonyl (C=O) groups excluding carboxylic acids is 3. The first-order chi connectivity index (χ1) is 15.8. The third-order valence-electron chi connectivity index (χ3n) is 5.46. The summed E-state index contributed by atoms with van der Waals surface area (Å²) in [5.41, 5.74) is 2.40. The highest BCUT2D eigenvalue weighted by Crippen LogP contribution is 2.32. The lowest BCUT2D eigenvalue weighted by Gasteiger charge is -2.27. The molecular formula is C25H20Cl2N2O4. The van der Waals surface area contributed by atoms with Crippen LogP contribution in [0.15, 0.2) is 60.7 Å². The normalized spacial score (nSPS) is 12.7. The summed E-state index contributed by atoms with van der Waals surface area (Å²) in [4.78, 5) is 41.8. The molecule has 0 fully saturated rings. The molecule has 6 nitrogen and oxygen atoms in total. The van der Waals surface area contributed by atoms with Gasteiger partial charge in [-0.25, -0.2) is 0 Å². The minimum absolute atomic E-state index is 0.000324. The number of fused-ring (bicyclic) bond motifs is 1. The zero-order valence-corrected chi connectivity index (χ0v) is 19.5. The maximum absolute atomic E-state index is 13.6. The molecule has 0 spiro atoms. The Morgan fingerprint density at radius 3 is 2.24 bits per heavy atom. The molecule has 33 heavy (non-hydrogen) atoms. The Morgan fingerprint density at radius 1 is 0.970 bits per heavy atom. The van der Waals surface area contributed by atoms with Crippen LogP contribution in [-0.2, 0) is 0 Å². The van der Waals surface area contributed by atoms with Crippen molar-refractivity contribution in [3.63, 3.8) is 0 Å². The molecule has 0 bridgehead atoms. The molecule has 4 rings (SSSR count). The minimum atomic E-state index is -0.407. The molecule has 1 aliphatic heterocycles. The van der Waals surface area contributed by atoms with Crippen molar-refractivity contribution < 1.29 is 19.1 Å². The highest BCUT2D eigenvalue weighted by atomic mass is 35.5. The number of hydrogen-bond donors (Lipinski definition) is 0. The fourth-order valence-corrected chi connectivity index (χ4v) is 4.28. The van der Waals surface area contributed by atoms with Gasteiger partial charge < -0.3 is 9.64 Å². The molecular weight excluding hydrogens is 463 g/mol. The molecule has 0 radical (unpaired) electrons. The van der Waals surface area contributed by atoms with E-state index in [9.17, 15) is 14.4 Å². The first-order valence-electron chi connectivity index (χ1n) is 10.2. The molecule has 0 unspecified atom stereocenters. The van der Waals surface area contributed by atoms with Crippen molar-refractivity contribution in [2.45, 2.75) is 6.92 Å². The smallest absolute Gasteiger partial charge is 0.261 e. The van der Waals surface area contributed by atoms with Gasteiger partial charge in [0.15, 0.2) is 0 Å². The van der Waals surface area contributed by atoms with Crippen LogP contribution in [0.5, 0.6) is 5.75 Å². The van der Waals surface area contributed by atoms with Crippen LogP contribution in [0.1, 0.15) is 36.6 Å². The van der Waals surface area contributed by atoms with Crippen molar-refractivity contribution in [3.8, 4) is 5.75 Å². The van der Waals surface area contributed by atoms with Crippen molar-refractivity contribution in [3.05, 3.63) is 93.0 Å². The standard InChI is InChI=1S/C25H20Cl2N2O4/c1-15-7-10-21(22(13-15)33-2)28(25(32)19-9-8-16(26)14-20(19)27)11-12-29-23(30)17-5-3-4-6-18(17)24(29)31/h3-10,13-14H,11-12H2,1-2H3. The molecule has 0 saturated carbocycles. The van der Waals surface area contributed by atoms with Gasteiger partial charge in [-0.3, -0.25) is 19.3 Å². The predicted molar refractivity (Wildman–Crippen MR) is 128 cm³/mol. The molecule has 0 aromatic heterocycles. The molecule has 3 aromatic rings. The van der Waals surface area contributed by atoms with Gasteiger partial charge in [-0.05, 0) is 55.0 Å². The van der Waals surface area contributed by atoms with Gasteiger partial charge in [0.1, 0.15) is 5.75 Å². The highest BCUT2D eigenvalue weighted by molar-refractivity contribution is 6.37. The van der Waals surface area contributed by atoms with Gasteiger partial charge in [-0.2, -0.15) is 0 Å². The number of benzene rings is 3. The van der Waals surface area contributed by atoms with Gasteiger partial charge in [0.05, 0.1) is 34.5 Å². The fourth-order valence-electron chi connectivity index (χ4n) is 3.79. The molecule has 3 amide bonds. The van der Waals surface area contributed by atoms with E-state index in [0.717, 1.165) is 10.5 Å². The largest absolute Gasteiger partial charge is 0.495 e. The van der Waals surface area contributed by atoms with E-state index in [1.54, 1.807) is 48.5 Å². The van der Waals surface area contributed by atoms with E-state index in [0.29, 0.717) is 27.6 Å². The van der Waals surface area contributed by atoms with E-state index < -0.39 is 5.91 Å². The summed E-state index contributed by atoms with van der Waals surface area (Å²) in [6.45, 7) is 1.95. The molecule has 0 aliphatic carbocycles. The number of amides is 3. The Hall–Kier alpha value is -3.35. The Labute approximate surface area is 201 Å². The summed E-state index contributed by atoms with van der Waals surface area (Å²) in [6, 6.07) is 16.7. The van der Waals surface area contributed by atoms with Gasteiger partial charge in [-0.1, -0.05) is 41.4 Å². The lowest BCUT2D eigenvalue weighted by Crippen LogP contribution is -2.41. The van der Waals surface area contributed by atoms with Crippen molar-refractivity contribution in [2.75, 3.05) is 25.1 Å². The Balaban J connectivity index is 1.69. The fraction of sp³-hybridized carbons (Fsp3) is 0.160. The SMILES string of the molecule is COc1cc(C)ccc1N(CCN1C(=O)c2ccccc2C1=O)C(=O)c1ccc(Cl)cc1Cl. The van der Waals surface area contributed by atoms with Crippen LogP contribution < -0.4 is 9.64 Å². The summed E-state index contributed by atoms with van der Waals surface area (Å²) in [6.07, 6.45) is 0. The van der Waals surface area contributed by atoms with Gasteiger partial charge in [0, 0.05) is 18.1 Å². The van der Waals surface area contributed by atoms with Crippen LogP contribution >= 0.6 is 23.2 Å². The number of rotatable bonds is 6. The summed E-state index contributed by atoms with van der Waals surface area (Å²) in [5, 5.41) is 0.603. The van der Waals surface area contributed by atoms with Crippen LogP contribution in [0.4, 0.5) is 5.69 Å². The van der Waals surface area contributed by atoms with Crippen LogP contribution in [0.25, 0.3) is 0 Å². The number of methoxy groups -OCH3 is 1. The van der Waals surface area contributed by atoms with Crippen LogP contribution in [0.3, 0.4) is 0 Å². The number of carbonyl (C=O) groups is 3. The molecule has 168 valence electrons. The van der Waals surface area contributed by atoms with Gasteiger partial charge >= 0.3 is 0 Å². The molecule has 8 heteroatoms. The third kappa shape index (κ3) is 4.32. The quantitative estimate of drug-likeness (QED) is 0.449. The lowest BCUT2D eigenvalue weighted by molar-refractivity contribution is 0.0654. The van der Waals surface area contributed by atoms with E-state index in [-0.39, 0.29) is 35.5 Å². The number of nitrogens with zero attached hydrogens (tertiary/aromatic N) is 2. The van der Waals surface area contributed by atoms with Crippen LogP contribution in [-0.4, -0.2) is 42.8 Å². The maximum Gasteiger partial charge on any atom is 0.261 e. The molecule has 0 saturated heterocycles. The monoisotopic (exact) mass is 482 g/mol. The zero-order chi connectivity index (χ0) is 23.7. The van der Waals surface area contributed by atoms with E-state index in [2.05, 4.69) is 0 Å². The van der Waals surface area contributed by atoms with Gasteiger partial charge in [0.25, 0.3) is 17.7 Å². The van der Waals surface area contributed by atoms with Gasteiger partial charge in [-0.15, -0.1) is 0 Å². The number of imide groups is 1. The van der Waals surface area contributed by atoms with E-state index in [4.69, 9.17) is 27.9 Å². The summed E-state index contributed by atoms with van der Waals surface area (Å²) < 4.78 is 5.51. The highest BCUT2D eigenvalue weighted by Gasteiger charge is 2.36. The van der Waals surface area contributed by atoms with Gasteiger partial charge in [0.2, 0.25) is 0 Å². The number of anilines is 1. The number of halogens is 2. The van der Waals surface area contributed by atoms with Crippen molar-refractivity contribution in [2.24, 2.45) is 0 Å². The second-order valence-corrected chi connectivity index (χ2v) is 8.41. The summed E-state index contributed by atoms with van der Waals surface area (Å²) in [5.74, 6) is -0.696. The Bertz CT molecular complexity index is 1240. The number of hydrogen-bond acceptors (Lipinski definition) is 4. The van der Waals surface area contributed by atoms with E-state index in [1.165, 1.54) is 18.1 Å².